The summed E-state index contributed by atoms with van der Waals surface area (Å²) in [5.41, 5.74) is 1.14. The van der Waals surface area contributed by atoms with E-state index in [1.807, 2.05) is 6.07 Å². The average molecular weight is 497 g/mol. The molecule has 192 valence electrons. The number of amides is 1. The van der Waals surface area contributed by atoms with E-state index in [0.29, 0.717) is 61.6 Å². The maximum atomic E-state index is 13.3. The number of ether oxygens (including phenoxy) is 2. The van der Waals surface area contributed by atoms with E-state index >= 15 is 0 Å². The Morgan fingerprint density at radius 1 is 1.00 bits per heavy atom. The van der Waals surface area contributed by atoms with Gasteiger partial charge in [-0.1, -0.05) is 6.07 Å². The van der Waals surface area contributed by atoms with Gasteiger partial charge in [0.25, 0.3) is 0 Å². The molecule has 2 fully saturated rings. The number of benzene rings is 2. The van der Waals surface area contributed by atoms with Crippen molar-refractivity contribution in [1.82, 2.24) is 10.2 Å². The highest BCUT2D eigenvalue weighted by atomic mass is 19.1. The van der Waals surface area contributed by atoms with Gasteiger partial charge < -0.3 is 24.8 Å². The van der Waals surface area contributed by atoms with Crippen molar-refractivity contribution in [2.45, 2.75) is 44.2 Å². The quantitative estimate of drug-likeness (QED) is 0.544. The van der Waals surface area contributed by atoms with E-state index in [4.69, 9.17) is 9.47 Å². The number of aliphatic hydroxyl groups excluding tert-OH is 1. The molecular formula is C28H33FN2O5. The molecule has 2 aliphatic heterocycles. The maximum Gasteiger partial charge on any atom is 0.223 e. The molecule has 5 rings (SSSR count). The van der Waals surface area contributed by atoms with Crippen LogP contribution in [-0.4, -0.2) is 60.6 Å². The number of aliphatic hydroxyl groups is 1. The molecule has 1 amide bonds. The molecule has 8 heteroatoms. The molecule has 2 heterocycles. The fraction of sp³-hybridized carbons (Fsp3) is 0.500. The number of carbonyl (C=O) groups excluding carboxylic acids is 2. The molecule has 2 aromatic rings. The van der Waals surface area contributed by atoms with Gasteiger partial charge in [-0.15, -0.1) is 0 Å². The van der Waals surface area contributed by atoms with Gasteiger partial charge in [-0.05, 0) is 87.2 Å². The predicted octanol–water partition coefficient (Wildman–Crippen LogP) is 3.51. The van der Waals surface area contributed by atoms with Crippen molar-refractivity contribution < 1.29 is 28.6 Å². The van der Waals surface area contributed by atoms with Gasteiger partial charge in [-0.2, -0.15) is 0 Å². The Hall–Kier alpha value is -2.97. The molecule has 1 saturated heterocycles. The Kier molecular flexibility index (Phi) is 7.53. The van der Waals surface area contributed by atoms with E-state index in [-0.39, 0.29) is 29.3 Å². The standard InChI is InChI=1S/C28H33FN2O5/c29-22-8-5-18(6-9-22)26(32)19-3-4-21(15-19)28(34)30-23(17-31-11-1-2-12-31)27(33)20-7-10-24-25(16-20)36-14-13-35-24/h5-10,16,19,21,23,27,33H,1-4,11-15,17H2,(H,30,34)/t19-,21?,23-,27-/m1/s1. The molecule has 1 aliphatic carbocycles. The summed E-state index contributed by atoms with van der Waals surface area (Å²) < 4.78 is 24.5. The molecule has 3 aliphatic rings. The second-order valence-corrected chi connectivity index (χ2v) is 10.0. The van der Waals surface area contributed by atoms with Crippen LogP contribution in [0.25, 0.3) is 0 Å². The molecule has 0 bridgehead atoms. The first-order chi connectivity index (χ1) is 17.5. The molecule has 1 saturated carbocycles. The number of likely N-dealkylation sites (tertiary alicyclic amines) is 1. The lowest BCUT2D eigenvalue weighted by atomic mass is 9.94. The summed E-state index contributed by atoms with van der Waals surface area (Å²) in [6.45, 7) is 3.39. The zero-order valence-electron chi connectivity index (χ0n) is 20.3. The fourth-order valence-corrected chi connectivity index (χ4v) is 5.55. The zero-order chi connectivity index (χ0) is 25.1. The number of hydrogen-bond acceptors (Lipinski definition) is 6. The summed E-state index contributed by atoms with van der Waals surface area (Å²) in [5, 5.41) is 14.4. The molecule has 2 N–H and O–H groups in total. The molecule has 4 atom stereocenters. The number of Topliss-reactive ketones (excluding diaryl/α,β-unsaturated/α-hetero) is 1. The van der Waals surface area contributed by atoms with Crippen LogP contribution in [0.1, 0.15) is 54.1 Å². The fourth-order valence-electron chi connectivity index (χ4n) is 5.55. The van der Waals surface area contributed by atoms with E-state index in [1.165, 1.54) is 24.3 Å². The second kappa shape index (κ2) is 11.0. The Labute approximate surface area is 210 Å². The molecule has 1 unspecified atom stereocenters. The van der Waals surface area contributed by atoms with Gasteiger partial charge in [0.2, 0.25) is 5.91 Å². The molecular weight excluding hydrogens is 463 g/mol. The van der Waals surface area contributed by atoms with E-state index in [2.05, 4.69) is 10.2 Å². The molecule has 7 nitrogen and oxygen atoms in total. The average Bonchev–Trinajstić information content (AvgIpc) is 3.60. The van der Waals surface area contributed by atoms with Crippen molar-refractivity contribution in [3.8, 4) is 11.5 Å². The molecule has 2 aromatic carbocycles. The highest BCUT2D eigenvalue weighted by Gasteiger charge is 2.36. The summed E-state index contributed by atoms with van der Waals surface area (Å²) >= 11 is 0. The van der Waals surface area contributed by atoms with Gasteiger partial charge in [-0.3, -0.25) is 9.59 Å². The van der Waals surface area contributed by atoms with Crippen LogP contribution in [0.3, 0.4) is 0 Å². The zero-order valence-corrected chi connectivity index (χ0v) is 20.3. The summed E-state index contributed by atoms with van der Waals surface area (Å²) in [6.07, 6.45) is 2.99. The van der Waals surface area contributed by atoms with Gasteiger partial charge in [0.15, 0.2) is 17.3 Å². The van der Waals surface area contributed by atoms with E-state index in [0.717, 1.165) is 25.9 Å². The predicted molar refractivity (Wildman–Crippen MR) is 132 cm³/mol. The van der Waals surface area contributed by atoms with Crippen molar-refractivity contribution in [1.29, 1.82) is 0 Å². The normalized spacial score (nSPS) is 23.3. The minimum absolute atomic E-state index is 0.0461. The van der Waals surface area contributed by atoms with Crippen LogP contribution in [0.15, 0.2) is 42.5 Å². The number of fused-ring (bicyclic) bond motifs is 1. The van der Waals surface area contributed by atoms with Gasteiger partial charge in [-0.25, -0.2) is 4.39 Å². The van der Waals surface area contributed by atoms with Crippen LogP contribution in [-0.2, 0) is 4.79 Å². The molecule has 0 radical (unpaired) electrons. The third kappa shape index (κ3) is 5.55. The van der Waals surface area contributed by atoms with Crippen LogP contribution in [0.4, 0.5) is 4.39 Å². The lowest BCUT2D eigenvalue weighted by molar-refractivity contribution is -0.126. The smallest absolute Gasteiger partial charge is 0.223 e. The number of rotatable bonds is 8. The lowest BCUT2D eigenvalue weighted by Crippen LogP contribution is -2.48. The third-order valence-corrected chi connectivity index (χ3v) is 7.57. The number of nitrogens with one attached hydrogen (secondary N) is 1. The first-order valence-corrected chi connectivity index (χ1v) is 12.9. The number of ketones is 1. The highest BCUT2D eigenvalue weighted by Crippen LogP contribution is 2.35. The summed E-state index contributed by atoms with van der Waals surface area (Å²) in [6, 6.07) is 10.5. The van der Waals surface area contributed by atoms with Crippen LogP contribution in [0, 0.1) is 17.7 Å². The Balaban J connectivity index is 1.26. The van der Waals surface area contributed by atoms with E-state index < -0.39 is 12.1 Å². The van der Waals surface area contributed by atoms with E-state index in [1.54, 1.807) is 12.1 Å². The maximum absolute atomic E-state index is 13.3. The van der Waals surface area contributed by atoms with Gasteiger partial charge in [0, 0.05) is 23.9 Å². The number of carbonyl (C=O) groups is 2. The summed E-state index contributed by atoms with van der Waals surface area (Å²) in [7, 11) is 0. The summed E-state index contributed by atoms with van der Waals surface area (Å²) in [4.78, 5) is 28.4. The van der Waals surface area contributed by atoms with Crippen molar-refractivity contribution >= 4 is 11.7 Å². The topological polar surface area (TPSA) is 88.1 Å². The highest BCUT2D eigenvalue weighted by molar-refractivity contribution is 5.98. The first-order valence-electron chi connectivity index (χ1n) is 12.9. The van der Waals surface area contributed by atoms with Crippen LogP contribution in [0.5, 0.6) is 11.5 Å². The monoisotopic (exact) mass is 496 g/mol. The van der Waals surface area contributed by atoms with Crippen molar-refractivity contribution in [2.75, 3.05) is 32.8 Å². The first kappa shape index (κ1) is 24.7. The number of nitrogens with zero attached hydrogens (tertiary/aromatic N) is 1. The Morgan fingerprint density at radius 2 is 1.69 bits per heavy atom. The molecule has 0 aromatic heterocycles. The van der Waals surface area contributed by atoms with Crippen LogP contribution in [0.2, 0.25) is 0 Å². The Morgan fingerprint density at radius 3 is 2.44 bits per heavy atom. The SMILES string of the molecule is O=C(N[C@H](CN1CCCC1)[C@H](O)c1ccc2c(c1)OCCO2)C1CC[C@@H](C(=O)c2ccc(F)cc2)C1. The van der Waals surface area contributed by atoms with Crippen LogP contribution >= 0.6 is 0 Å². The number of hydrogen-bond donors (Lipinski definition) is 2. The molecule has 36 heavy (non-hydrogen) atoms. The van der Waals surface area contributed by atoms with Gasteiger partial charge in [0.05, 0.1) is 6.04 Å². The third-order valence-electron chi connectivity index (χ3n) is 7.57. The summed E-state index contributed by atoms with van der Waals surface area (Å²) in [5.74, 6) is 0.136. The van der Waals surface area contributed by atoms with Gasteiger partial charge >= 0.3 is 0 Å². The number of halogens is 1. The van der Waals surface area contributed by atoms with Crippen molar-refractivity contribution in [3.05, 3.63) is 59.4 Å². The van der Waals surface area contributed by atoms with Crippen molar-refractivity contribution in [3.63, 3.8) is 0 Å². The lowest BCUT2D eigenvalue weighted by Gasteiger charge is -2.30. The minimum Gasteiger partial charge on any atom is -0.486 e. The van der Waals surface area contributed by atoms with E-state index in [9.17, 15) is 19.1 Å². The molecule has 0 spiro atoms. The minimum atomic E-state index is -0.913. The second-order valence-electron chi connectivity index (χ2n) is 10.0. The van der Waals surface area contributed by atoms with Crippen molar-refractivity contribution in [2.24, 2.45) is 11.8 Å². The van der Waals surface area contributed by atoms with Gasteiger partial charge in [0.1, 0.15) is 25.1 Å². The van der Waals surface area contributed by atoms with Crippen LogP contribution < -0.4 is 14.8 Å². The Bertz CT molecular complexity index is 1090. The largest absolute Gasteiger partial charge is 0.486 e.